The molecule has 0 unspecified atom stereocenters. The number of nitrogens with zero attached hydrogens (tertiary/aromatic N) is 4. The van der Waals surface area contributed by atoms with Crippen LogP contribution < -0.4 is 15.0 Å². The van der Waals surface area contributed by atoms with E-state index < -0.39 is 11.6 Å². The second-order valence-corrected chi connectivity index (χ2v) is 10.7. The van der Waals surface area contributed by atoms with E-state index in [-0.39, 0.29) is 18.4 Å². The van der Waals surface area contributed by atoms with Gasteiger partial charge in [-0.05, 0) is 92.6 Å². The Bertz CT molecular complexity index is 1510. The molecule has 0 fully saturated rings. The fourth-order valence-corrected chi connectivity index (χ4v) is 5.10. The van der Waals surface area contributed by atoms with E-state index in [1.807, 2.05) is 75.4 Å². The Labute approximate surface area is 229 Å². The molecule has 1 aliphatic rings. The van der Waals surface area contributed by atoms with Crippen molar-refractivity contribution >= 4 is 28.5 Å². The van der Waals surface area contributed by atoms with Gasteiger partial charge in [0.05, 0.1) is 12.6 Å². The summed E-state index contributed by atoms with van der Waals surface area (Å²) in [7, 11) is 1.59. The molecule has 0 spiro atoms. The van der Waals surface area contributed by atoms with Gasteiger partial charge in [0.2, 0.25) is 11.8 Å². The van der Waals surface area contributed by atoms with Gasteiger partial charge in [-0.1, -0.05) is 42.5 Å². The van der Waals surface area contributed by atoms with E-state index in [2.05, 4.69) is 27.8 Å². The summed E-state index contributed by atoms with van der Waals surface area (Å²) in [5, 5.41) is 11.6. The third kappa shape index (κ3) is 5.50. The normalized spacial score (nSPS) is 13.6. The molecule has 8 heteroatoms. The Morgan fingerprint density at radius 3 is 2.64 bits per heavy atom. The number of rotatable bonds is 9. The minimum absolute atomic E-state index is 0.0669. The summed E-state index contributed by atoms with van der Waals surface area (Å²) in [6, 6.07) is 20.1. The van der Waals surface area contributed by atoms with E-state index in [1.165, 1.54) is 11.1 Å². The number of nitrogens with one attached hydrogen (secondary N) is 1. The lowest BCUT2D eigenvalue weighted by atomic mass is 9.97. The molecule has 202 valence electrons. The highest BCUT2D eigenvalue weighted by molar-refractivity contribution is 6.02. The number of carbonyl (C=O) groups is 2. The molecule has 4 aromatic rings. The average molecular weight is 526 g/mol. The zero-order chi connectivity index (χ0) is 27.6. The zero-order valence-electron chi connectivity index (χ0n) is 23.0. The van der Waals surface area contributed by atoms with Crippen LogP contribution in [0.5, 0.6) is 5.75 Å². The van der Waals surface area contributed by atoms with Crippen molar-refractivity contribution in [3.63, 3.8) is 0 Å². The molecule has 39 heavy (non-hydrogen) atoms. The predicted molar refractivity (Wildman–Crippen MR) is 152 cm³/mol. The summed E-state index contributed by atoms with van der Waals surface area (Å²) < 4.78 is 7.08. The second-order valence-electron chi connectivity index (χ2n) is 10.7. The number of amides is 2. The number of hydrogen-bond donors (Lipinski definition) is 1. The van der Waals surface area contributed by atoms with Crippen molar-refractivity contribution in [3.05, 3.63) is 83.4 Å². The molecule has 0 saturated carbocycles. The van der Waals surface area contributed by atoms with Crippen LogP contribution in [0.15, 0.2) is 66.7 Å². The van der Waals surface area contributed by atoms with Crippen molar-refractivity contribution in [1.29, 1.82) is 0 Å². The van der Waals surface area contributed by atoms with Crippen molar-refractivity contribution < 1.29 is 14.3 Å². The molecule has 1 heterocycles. The number of carbonyl (C=O) groups excluding carboxylic acids is 2. The summed E-state index contributed by atoms with van der Waals surface area (Å²) >= 11 is 0. The Morgan fingerprint density at radius 2 is 1.85 bits per heavy atom. The number of benzene rings is 3. The van der Waals surface area contributed by atoms with Gasteiger partial charge >= 0.3 is 0 Å². The average Bonchev–Trinajstić information content (AvgIpc) is 3.58. The number of aryl methyl sites for hydroxylation is 2. The maximum Gasteiger partial charge on any atom is 0.249 e. The van der Waals surface area contributed by atoms with Gasteiger partial charge in [0.25, 0.3) is 0 Å². The van der Waals surface area contributed by atoms with Crippen LogP contribution in [0.3, 0.4) is 0 Å². The number of hydrogen-bond acceptors (Lipinski definition) is 5. The molecule has 2 amide bonds. The summed E-state index contributed by atoms with van der Waals surface area (Å²) in [4.78, 5) is 30.0. The van der Waals surface area contributed by atoms with Gasteiger partial charge in [-0.25, -0.2) is 4.68 Å². The highest BCUT2D eigenvalue weighted by Gasteiger charge is 2.36. The van der Waals surface area contributed by atoms with Crippen LogP contribution in [-0.2, 0) is 29.0 Å². The second kappa shape index (κ2) is 10.9. The van der Waals surface area contributed by atoms with Crippen molar-refractivity contribution in [1.82, 2.24) is 20.3 Å². The third-order valence-corrected chi connectivity index (χ3v) is 7.60. The Hall–Kier alpha value is -4.20. The van der Waals surface area contributed by atoms with Crippen LogP contribution in [0.4, 0.5) is 5.69 Å². The van der Waals surface area contributed by atoms with Crippen LogP contribution in [0.25, 0.3) is 11.0 Å². The van der Waals surface area contributed by atoms with E-state index in [0.717, 1.165) is 31.2 Å². The van der Waals surface area contributed by atoms with Gasteiger partial charge in [0, 0.05) is 11.2 Å². The van der Waals surface area contributed by atoms with Crippen LogP contribution >= 0.6 is 0 Å². The number of methoxy groups -OCH3 is 1. The van der Waals surface area contributed by atoms with Gasteiger partial charge in [0.15, 0.2) is 0 Å². The lowest BCUT2D eigenvalue weighted by Crippen LogP contribution is -2.51. The van der Waals surface area contributed by atoms with E-state index >= 15 is 0 Å². The molecule has 1 aromatic heterocycles. The van der Waals surface area contributed by atoms with Crippen LogP contribution in [-0.4, -0.2) is 39.5 Å². The molecule has 0 aliphatic heterocycles. The number of anilines is 1. The standard InChI is InChI=1S/C31H35N5O3/c1-5-31(2,3)32-30(38)29(23-12-9-13-25(19-23)39-4)36(24-17-16-21-10-8-11-22(21)18-24)28(37)20-35-27-15-7-6-14-26(27)33-34-35/h6-7,9,12-19,29H,5,8,10-11,20H2,1-4H3,(H,32,38)/t29-/m0/s1. The summed E-state index contributed by atoms with van der Waals surface area (Å²) in [5.41, 5.74) is 4.87. The monoisotopic (exact) mass is 525 g/mol. The maximum atomic E-state index is 14.3. The van der Waals surface area contributed by atoms with Crippen LogP contribution in [0.2, 0.25) is 0 Å². The lowest BCUT2D eigenvalue weighted by Gasteiger charge is -2.35. The molecule has 1 N–H and O–H groups in total. The highest BCUT2D eigenvalue weighted by Crippen LogP contribution is 2.34. The van der Waals surface area contributed by atoms with E-state index in [0.29, 0.717) is 22.5 Å². The molecule has 8 nitrogen and oxygen atoms in total. The van der Waals surface area contributed by atoms with Gasteiger partial charge in [-0.2, -0.15) is 0 Å². The summed E-state index contributed by atoms with van der Waals surface area (Å²) in [6.07, 6.45) is 3.81. The predicted octanol–water partition coefficient (Wildman–Crippen LogP) is 5.01. The zero-order valence-corrected chi connectivity index (χ0v) is 23.0. The fraction of sp³-hybridized carbons (Fsp3) is 0.355. The minimum Gasteiger partial charge on any atom is -0.497 e. The third-order valence-electron chi connectivity index (χ3n) is 7.60. The first-order valence-corrected chi connectivity index (χ1v) is 13.5. The summed E-state index contributed by atoms with van der Waals surface area (Å²) in [5.74, 6) is 0.0944. The van der Waals surface area contributed by atoms with Gasteiger partial charge < -0.3 is 10.1 Å². The SMILES string of the molecule is CCC(C)(C)NC(=O)[C@H](c1cccc(OC)c1)N(C(=O)Cn1nnc2ccccc21)c1ccc2c(c1)CCC2. The first-order chi connectivity index (χ1) is 18.8. The molecule has 1 aliphatic carbocycles. The van der Waals surface area contributed by atoms with Gasteiger partial charge in [-0.3, -0.25) is 14.5 Å². The van der Waals surface area contributed by atoms with E-state index in [9.17, 15) is 9.59 Å². The number of fused-ring (bicyclic) bond motifs is 2. The lowest BCUT2D eigenvalue weighted by molar-refractivity contribution is -0.128. The van der Waals surface area contributed by atoms with E-state index in [4.69, 9.17) is 4.74 Å². The molecule has 0 bridgehead atoms. The van der Waals surface area contributed by atoms with Crippen molar-refractivity contribution in [2.24, 2.45) is 0 Å². The Balaban J connectivity index is 1.63. The highest BCUT2D eigenvalue weighted by atomic mass is 16.5. The molecule has 5 rings (SSSR count). The fourth-order valence-electron chi connectivity index (χ4n) is 5.10. The maximum absolute atomic E-state index is 14.3. The number of para-hydroxylation sites is 1. The molecule has 0 saturated heterocycles. The summed E-state index contributed by atoms with van der Waals surface area (Å²) in [6.45, 7) is 5.93. The van der Waals surface area contributed by atoms with Gasteiger partial charge in [-0.15, -0.1) is 5.10 Å². The van der Waals surface area contributed by atoms with Crippen LogP contribution in [0.1, 0.15) is 56.3 Å². The van der Waals surface area contributed by atoms with E-state index in [1.54, 1.807) is 16.7 Å². The van der Waals surface area contributed by atoms with Crippen LogP contribution in [0, 0.1) is 0 Å². The first kappa shape index (κ1) is 26.4. The largest absolute Gasteiger partial charge is 0.497 e. The van der Waals surface area contributed by atoms with Crippen molar-refractivity contribution in [2.75, 3.05) is 12.0 Å². The van der Waals surface area contributed by atoms with Crippen molar-refractivity contribution in [3.8, 4) is 5.75 Å². The molecular formula is C31H35N5O3. The number of ether oxygens (including phenoxy) is 1. The molecular weight excluding hydrogens is 490 g/mol. The molecule has 3 aromatic carbocycles. The first-order valence-electron chi connectivity index (χ1n) is 13.5. The minimum atomic E-state index is -0.923. The van der Waals surface area contributed by atoms with Gasteiger partial charge in [0.1, 0.15) is 23.9 Å². The molecule has 0 radical (unpaired) electrons. The topological polar surface area (TPSA) is 89.4 Å². The Kier molecular flexibility index (Phi) is 7.37. The number of aromatic nitrogens is 3. The quantitative estimate of drug-likeness (QED) is 0.332. The smallest absolute Gasteiger partial charge is 0.249 e. The molecule has 1 atom stereocenters. The Morgan fingerprint density at radius 1 is 1.05 bits per heavy atom. The van der Waals surface area contributed by atoms with Crippen molar-refractivity contribution in [2.45, 2.75) is 64.6 Å².